The second-order valence-electron chi connectivity index (χ2n) is 5.80. The summed E-state index contributed by atoms with van der Waals surface area (Å²) in [5.41, 5.74) is 1.74. The highest BCUT2D eigenvalue weighted by atomic mass is 35.5. The maximum absolute atomic E-state index is 14.1. The van der Waals surface area contributed by atoms with Crippen LogP contribution in [0, 0.1) is 11.7 Å². The van der Waals surface area contributed by atoms with Crippen molar-refractivity contribution in [2.24, 2.45) is 5.92 Å². The first-order valence-electron chi connectivity index (χ1n) is 8.49. The molecule has 0 bridgehead atoms. The summed E-state index contributed by atoms with van der Waals surface area (Å²) in [5, 5.41) is 3.80. The van der Waals surface area contributed by atoms with Gasteiger partial charge in [0, 0.05) is 10.7 Å². The molecule has 25 heavy (non-hydrogen) atoms. The van der Waals surface area contributed by atoms with E-state index in [0.29, 0.717) is 11.0 Å². The van der Waals surface area contributed by atoms with Crippen molar-refractivity contribution in [1.82, 2.24) is 0 Å². The number of nitrogens with one attached hydrogen (secondary N) is 1. The van der Waals surface area contributed by atoms with Crippen LogP contribution >= 0.6 is 23.2 Å². The third-order valence-corrected chi connectivity index (χ3v) is 4.88. The van der Waals surface area contributed by atoms with E-state index in [0.717, 1.165) is 30.5 Å². The molecule has 0 saturated heterocycles. The number of anilines is 1. The number of benzene rings is 1. The van der Waals surface area contributed by atoms with E-state index in [-0.39, 0.29) is 10.9 Å². The third-order valence-electron chi connectivity index (χ3n) is 4.31. The Bertz CT molecular complexity index is 650. The minimum absolute atomic E-state index is 0.111. The molecule has 0 radical (unpaired) electrons. The number of halogens is 3. The van der Waals surface area contributed by atoms with Gasteiger partial charge in [-0.2, -0.15) is 0 Å². The zero-order chi connectivity index (χ0) is 18.8. The van der Waals surface area contributed by atoms with E-state index in [1.807, 2.05) is 12.2 Å². The Balaban J connectivity index is 3.11. The molecule has 1 rings (SSSR count). The van der Waals surface area contributed by atoms with Crippen LogP contribution in [0.4, 0.5) is 10.1 Å². The van der Waals surface area contributed by atoms with Crippen molar-refractivity contribution in [3.63, 3.8) is 0 Å². The molecule has 136 valence electrons. The standard InChI is InChI=1S/C21H26Cl2FN/c1-5-15(11-9-10-12-16(22)6-2)17(7-3)18-13-20(24)19(23)14-21(18)25-8-4/h6,8-10,12-15,17,25H,2,4-5,7,11H2,1,3H3/b10-9-,16-12+/t15-,17-/m1/s1. The first-order valence-corrected chi connectivity index (χ1v) is 9.25. The highest BCUT2D eigenvalue weighted by Gasteiger charge is 2.23. The largest absolute Gasteiger partial charge is 0.362 e. The van der Waals surface area contributed by atoms with Gasteiger partial charge in [0.1, 0.15) is 5.82 Å². The highest BCUT2D eigenvalue weighted by Crippen LogP contribution is 2.39. The van der Waals surface area contributed by atoms with Crippen molar-refractivity contribution < 1.29 is 4.39 Å². The molecule has 0 fully saturated rings. The second-order valence-corrected chi connectivity index (χ2v) is 6.65. The molecule has 1 aromatic carbocycles. The van der Waals surface area contributed by atoms with Crippen molar-refractivity contribution in [2.45, 2.75) is 39.0 Å². The van der Waals surface area contributed by atoms with Gasteiger partial charge in [-0.25, -0.2) is 4.39 Å². The van der Waals surface area contributed by atoms with Gasteiger partial charge in [-0.1, -0.05) is 74.9 Å². The number of allylic oxidation sites excluding steroid dienone is 5. The van der Waals surface area contributed by atoms with Crippen molar-refractivity contribution in [3.05, 3.63) is 77.2 Å². The molecule has 0 amide bonds. The Kier molecular flexibility index (Phi) is 9.62. The molecule has 1 N–H and O–H groups in total. The van der Waals surface area contributed by atoms with Gasteiger partial charge < -0.3 is 5.32 Å². The molecule has 1 nitrogen and oxygen atoms in total. The van der Waals surface area contributed by atoms with Gasteiger partial charge in [0.15, 0.2) is 0 Å². The first kappa shape index (κ1) is 21.5. The number of hydrogen-bond donors (Lipinski definition) is 1. The summed E-state index contributed by atoms with van der Waals surface area (Å²) in [6.45, 7) is 11.6. The van der Waals surface area contributed by atoms with E-state index >= 15 is 0 Å². The monoisotopic (exact) mass is 381 g/mol. The fourth-order valence-corrected chi connectivity index (χ4v) is 3.24. The van der Waals surface area contributed by atoms with Crippen LogP contribution in [-0.4, -0.2) is 0 Å². The van der Waals surface area contributed by atoms with Crippen LogP contribution in [0.5, 0.6) is 0 Å². The summed E-state index contributed by atoms with van der Waals surface area (Å²) in [5.74, 6) is 0.196. The van der Waals surface area contributed by atoms with Gasteiger partial charge in [-0.05, 0) is 54.6 Å². The summed E-state index contributed by atoms with van der Waals surface area (Å²) in [4.78, 5) is 0. The highest BCUT2D eigenvalue weighted by molar-refractivity contribution is 6.31. The third kappa shape index (κ3) is 6.37. The molecule has 0 aliphatic carbocycles. The molecule has 0 saturated carbocycles. The van der Waals surface area contributed by atoms with Crippen LogP contribution in [0.15, 0.2) is 60.8 Å². The average Bonchev–Trinajstić information content (AvgIpc) is 2.61. The molecule has 2 atom stereocenters. The molecule has 0 aromatic heterocycles. The van der Waals surface area contributed by atoms with E-state index < -0.39 is 5.82 Å². The number of rotatable bonds is 10. The zero-order valence-electron chi connectivity index (χ0n) is 14.9. The van der Waals surface area contributed by atoms with Crippen LogP contribution in [0.3, 0.4) is 0 Å². The van der Waals surface area contributed by atoms with E-state index in [2.05, 4.69) is 38.4 Å². The Hall–Kier alpha value is -1.51. The molecule has 0 aliphatic rings. The Morgan fingerprint density at radius 2 is 2.00 bits per heavy atom. The van der Waals surface area contributed by atoms with Crippen LogP contribution < -0.4 is 5.32 Å². The average molecular weight is 382 g/mol. The normalized spacial score (nSPS) is 14.4. The fraction of sp³-hybridized carbons (Fsp3) is 0.333. The van der Waals surface area contributed by atoms with Crippen molar-refractivity contribution in [1.29, 1.82) is 0 Å². The minimum atomic E-state index is -0.393. The van der Waals surface area contributed by atoms with E-state index in [1.54, 1.807) is 24.4 Å². The van der Waals surface area contributed by atoms with Gasteiger partial charge in [-0.15, -0.1) is 0 Å². The lowest BCUT2D eigenvalue weighted by atomic mass is 9.79. The van der Waals surface area contributed by atoms with E-state index in [1.165, 1.54) is 0 Å². The van der Waals surface area contributed by atoms with Gasteiger partial charge in [0.25, 0.3) is 0 Å². The van der Waals surface area contributed by atoms with Crippen molar-refractivity contribution in [2.75, 3.05) is 5.32 Å². The fourth-order valence-electron chi connectivity index (χ4n) is 3.01. The zero-order valence-corrected chi connectivity index (χ0v) is 16.4. The second kappa shape index (κ2) is 11.2. The summed E-state index contributed by atoms with van der Waals surface area (Å²) in [6.07, 6.45) is 11.8. The quantitative estimate of drug-likeness (QED) is 0.407. The molecule has 1 aromatic rings. The molecule has 4 heteroatoms. The predicted octanol–water partition coefficient (Wildman–Crippen LogP) is 7.81. The predicted molar refractivity (Wildman–Crippen MR) is 110 cm³/mol. The van der Waals surface area contributed by atoms with Crippen LogP contribution in [0.2, 0.25) is 5.02 Å². The van der Waals surface area contributed by atoms with E-state index in [9.17, 15) is 4.39 Å². The van der Waals surface area contributed by atoms with Gasteiger partial charge in [-0.3, -0.25) is 0 Å². The summed E-state index contributed by atoms with van der Waals surface area (Å²) < 4.78 is 14.1. The molecule has 0 spiro atoms. The van der Waals surface area contributed by atoms with Crippen LogP contribution in [0.1, 0.15) is 44.6 Å². The summed E-state index contributed by atoms with van der Waals surface area (Å²) >= 11 is 11.8. The van der Waals surface area contributed by atoms with Gasteiger partial charge in [0.05, 0.1) is 5.02 Å². The molecule has 0 heterocycles. The Labute approximate surface area is 160 Å². The number of hydrogen-bond acceptors (Lipinski definition) is 1. The SMILES string of the molecule is C=CNc1cc(Cl)c(F)cc1[C@H](CC)[C@H](CC)C/C=C\C=C(\Cl)C=C. The van der Waals surface area contributed by atoms with Crippen molar-refractivity contribution >= 4 is 28.9 Å². The maximum Gasteiger partial charge on any atom is 0.142 e. The molecule has 0 unspecified atom stereocenters. The maximum atomic E-state index is 14.1. The van der Waals surface area contributed by atoms with Gasteiger partial charge in [0.2, 0.25) is 0 Å². The molecule has 0 aliphatic heterocycles. The smallest absolute Gasteiger partial charge is 0.142 e. The van der Waals surface area contributed by atoms with Crippen molar-refractivity contribution in [3.8, 4) is 0 Å². The lowest BCUT2D eigenvalue weighted by Gasteiger charge is -2.27. The summed E-state index contributed by atoms with van der Waals surface area (Å²) in [6, 6.07) is 3.18. The Morgan fingerprint density at radius 3 is 2.56 bits per heavy atom. The lowest BCUT2D eigenvalue weighted by molar-refractivity contribution is 0.403. The minimum Gasteiger partial charge on any atom is -0.362 e. The molecular weight excluding hydrogens is 356 g/mol. The molecular formula is C21H26Cl2FN. The Morgan fingerprint density at radius 1 is 1.28 bits per heavy atom. The van der Waals surface area contributed by atoms with Crippen LogP contribution in [-0.2, 0) is 0 Å². The topological polar surface area (TPSA) is 12.0 Å². The first-order chi connectivity index (χ1) is 12.0. The lowest BCUT2D eigenvalue weighted by Crippen LogP contribution is -2.13. The van der Waals surface area contributed by atoms with Gasteiger partial charge >= 0.3 is 0 Å². The summed E-state index contributed by atoms with van der Waals surface area (Å²) in [7, 11) is 0. The van der Waals surface area contributed by atoms with E-state index in [4.69, 9.17) is 23.2 Å². The van der Waals surface area contributed by atoms with Crippen LogP contribution in [0.25, 0.3) is 0 Å².